The van der Waals surface area contributed by atoms with E-state index in [9.17, 15) is 9.59 Å². The lowest BCUT2D eigenvalue weighted by Gasteiger charge is -2.26. The van der Waals surface area contributed by atoms with Crippen molar-refractivity contribution >= 4 is 29.9 Å². The molecule has 3 atom stereocenters. The van der Waals surface area contributed by atoms with Gasteiger partial charge < -0.3 is 29.7 Å². The summed E-state index contributed by atoms with van der Waals surface area (Å²) in [5.41, 5.74) is 6.31. The lowest BCUT2D eigenvalue weighted by molar-refractivity contribution is -0.146. The molecular formula is C19H28ClN3O5. The van der Waals surface area contributed by atoms with Crippen molar-refractivity contribution in [3.63, 3.8) is 0 Å². The molecule has 0 aliphatic carbocycles. The van der Waals surface area contributed by atoms with Gasteiger partial charge in [0.2, 0.25) is 5.91 Å². The molecule has 28 heavy (non-hydrogen) atoms. The Labute approximate surface area is 171 Å². The number of likely N-dealkylation sites (N-methyl/N-ethyl adjacent to an activating group) is 1. The second-order valence-electron chi connectivity index (χ2n) is 6.87. The van der Waals surface area contributed by atoms with Gasteiger partial charge in [0, 0.05) is 38.3 Å². The maximum atomic E-state index is 13.0. The number of hydrogen-bond acceptors (Lipinski definition) is 6. The van der Waals surface area contributed by atoms with E-state index < -0.39 is 12.1 Å². The predicted molar refractivity (Wildman–Crippen MR) is 107 cm³/mol. The van der Waals surface area contributed by atoms with Gasteiger partial charge in [-0.2, -0.15) is 0 Å². The Kier molecular flexibility index (Phi) is 7.51. The molecule has 2 amide bonds. The lowest BCUT2D eigenvalue weighted by atomic mass is 10.1. The molecule has 1 unspecified atom stereocenters. The van der Waals surface area contributed by atoms with Gasteiger partial charge >= 0.3 is 0 Å². The number of ether oxygens (including phenoxy) is 3. The maximum Gasteiger partial charge on any atom is 0.252 e. The first-order chi connectivity index (χ1) is 13.0. The summed E-state index contributed by atoms with van der Waals surface area (Å²) in [4.78, 5) is 28.9. The van der Waals surface area contributed by atoms with Crippen molar-refractivity contribution in [3.05, 3.63) is 18.2 Å². The van der Waals surface area contributed by atoms with E-state index in [4.69, 9.17) is 19.9 Å². The predicted octanol–water partition coefficient (Wildman–Crippen LogP) is 1.20. The van der Waals surface area contributed by atoms with Crippen LogP contribution < -0.4 is 20.1 Å². The third-order valence-corrected chi connectivity index (χ3v) is 5.29. The van der Waals surface area contributed by atoms with Crippen LogP contribution in [0.2, 0.25) is 0 Å². The topological polar surface area (TPSA) is 94.3 Å². The summed E-state index contributed by atoms with van der Waals surface area (Å²) in [6, 6.07) is 4.82. The van der Waals surface area contributed by atoms with Gasteiger partial charge in [-0.3, -0.25) is 9.59 Å². The average Bonchev–Trinajstić information content (AvgIpc) is 3.33. The Balaban J connectivity index is 0.00000280. The highest BCUT2D eigenvalue weighted by Crippen LogP contribution is 2.32. The number of amides is 2. The first kappa shape index (κ1) is 22.3. The molecule has 1 aromatic carbocycles. The summed E-state index contributed by atoms with van der Waals surface area (Å²) in [7, 11) is 4.80. The Morgan fingerprint density at radius 3 is 2.39 bits per heavy atom. The van der Waals surface area contributed by atoms with Gasteiger partial charge in [0.25, 0.3) is 5.91 Å². The van der Waals surface area contributed by atoms with Crippen LogP contribution in [-0.4, -0.2) is 69.3 Å². The van der Waals surface area contributed by atoms with Gasteiger partial charge in [0.15, 0.2) is 0 Å². The van der Waals surface area contributed by atoms with Crippen LogP contribution >= 0.6 is 12.4 Å². The van der Waals surface area contributed by atoms with Crippen molar-refractivity contribution in [2.24, 2.45) is 5.73 Å². The average molecular weight is 414 g/mol. The first-order valence-corrected chi connectivity index (χ1v) is 9.15. The van der Waals surface area contributed by atoms with Gasteiger partial charge in [-0.1, -0.05) is 0 Å². The second kappa shape index (κ2) is 9.45. The van der Waals surface area contributed by atoms with Crippen molar-refractivity contribution in [1.82, 2.24) is 4.90 Å². The number of halogens is 1. The fourth-order valence-electron chi connectivity index (χ4n) is 3.67. The van der Waals surface area contributed by atoms with Crippen molar-refractivity contribution in [2.45, 2.75) is 37.5 Å². The Morgan fingerprint density at radius 1 is 1.21 bits per heavy atom. The molecule has 2 heterocycles. The minimum absolute atomic E-state index is 0. The molecule has 0 bridgehead atoms. The zero-order chi connectivity index (χ0) is 19.6. The van der Waals surface area contributed by atoms with Crippen LogP contribution in [-0.2, 0) is 14.3 Å². The van der Waals surface area contributed by atoms with Gasteiger partial charge in [0.1, 0.15) is 23.6 Å². The number of nitrogens with zero attached hydrogens (tertiary/aromatic N) is 2. The molecule has 2 fully saturated rings. The summed E-state index contributed by atoms with van der Waals surface area (Å²) in [6.45, 7) is 0.926. The number of methoxy groups -OCH3 is 2. The number of carbonyl (C=O) groups is 2. The molecule has 0 saturated carbocycles. The molecule has 0 aromatic heterocycles. The van der Waals surface area contributed by atoms with Crippen molar-refractivity contribution in [2.75, 3.05) is 39.3 Å². The Hall–Kier alpha value is -2.03. The molecule has 156 valence electrons. The summed E-state index contributed by atoms with van der Waals surface area (Å²) >= 11 is 0. The van der Waals surface area contributed by atoms with E-state index in [0.717, 1.165) is 6.42 Å². The van der Waals surface area contributed by atoms with Crippen LogP contribution in [0.4, 0.5) is 5.69 Å². The molecule has 2 aliphatic heterocycles. The van der Waals surface area contributed by atoms with E-state index in [-0.39, 0.29) is 30.3 Å². The van der Waals surface area contributed by atoms with E-state index in [2.05, 4.69) is 0 Å². The standard InChI is InChI=1S/C19H27N3O5.ClH/c1-21(19(24)17-5-4-13(11-20)27-17)16-6-7-22(18(16)23)12-8-14(25-2)10-15(9-12)26-3;/h8-10,13,16-17H,4-7,11,20H2,1-3H3;1H/t13-,16?,17+;/m1./s1. The fourth-order valence-corrected chi connectivity index (χ4v) is 3.67. The number of rotatable bonds is 6. The molecule has 2 aliphatic rings. The summed E-state index contributed by atoms with van der Waals surface area (Å²) < 4.78 is 16.3. The second-order valence-corrected chi connectivity index (χ2v) is 6.87. The highest BCUT2D eigenvalue weighted by Gasteiger charge is 2.41. The van der Waals surface area contributed by atoms with E-state index in [0.29, 0.717) is 43.1 Å². The highest BCUT2D eigenvalue weighted by molar-refractivity contribution is 6.02. The quantitative estimate of drug-likeness (QED) is 0.753. The van der Waals surface area contributed by atoms with Gasteiger partial charge in [0.05, 0.1) is 26.0 Å². The van der Waals surface area contributed by atoms with Crippen molar-refractivity contribution < 1.29 is 23.8 Å². The van der Waals surface area contributed by atoms with Crippen LogP contribution in [0.5, 0.6) is 11.5 Å². The Bertz CT molecular complexity index is 695. The molecule has 2 saturated heterocycles. The van der Waals surface area contributed by atoms with Gasteiger partial charge in [-0.25, -0.2) is 0 Å². The number of hydrogen-bond donors (Lipinski definition) is 1. The monoisotopic (exact) mass is 413 g/mol. The fraction of sp³-hybridized carbons (Fsp3) is 0.579. The van der Waals surface area contributed by atoms with Crippen LogP contribution in [0, 0.1) is 0 Å². The molecule has 0 spiro atoms. The third-order valence-electron chi connectivity index (χ3n) is 5.29. The molecule has 9 heteroatoms. The van der Waals surface area contributed by atoms with Gasteiger partial charge in [-0.15, -0.1) is 12.4 Å². The van der Waals surface area contributed by atoms with Crippen LogP contribution in [0.3, 0.4) is 0 Å². The SMILES string of the molecule is COc1cc(OC)cc(N2CCC(N(C)C(=O)[C@@H]3CC[C@H](CN)O3)C2=O)c1.Cl. The van der Waals surface area contributed by atoms with E-state index >= 15 is 0 Å². The van der Waals surface area contributed by atoms with Crippen LogP contribution in [0.1, 0.15) is 19.3 Å². The number of anilines is 1. The normalized spacial score (nSPS) is 24.1. The molecule has 1 aromatic rings. The first-order valence-electron chi connectivity index (χ1n) is 9.15. The lowest BCUT2D eigenvalue weighted by Crippen LogP contribution is -2.47. The number of benzene rings is 1. The third kappa shape index (κ3) is 4.34. The molecule has 8 nitrogen and oxygen atoms in total. The zero-order valence-corrected chi connectivity index (χ0v) is 17.2. The van der Waals surface area contributed by atoms with Crippen molar-refractivity contribution in [1.29, 1.82) is 0 Å². The number of carbonyl (C=O) groups excluding carboxylic acids is 2. The van der Waals surface area contributed by atoms with Crippen LogP contribution in [0.25, 0.3) is 0 Å². The summed E-state index contributed by atoms with van der Waals surface area (Å²) in [5.74, 6) is 0.943. The largest absolute Gasteiger partial charge is 0.497 e. The molecule has 2 N–H and O–H groups in total. The molecule has 0 radical (unpaired) electrons. The zero-order valence-electron chi connectivity index (χ0n) is 16.4. The van der Waals surface area contributed by atoms with E-state index in [1.54, 1.807) is 44.4 Å². The van der Waals surface area contributed by atoms with Gasteiger partial charge in [-0.05, 0) is 19.3 Å². The smallest absolute Gasteiger partial charge is 0.252 e. The molecular weight excluding hydrogens is 386 g/mol. The van der Waals surface area contributed by atoms with E-state index in [1.165, 1.54) is 4.90 Å². The minimum atomic E-state index is -0.512. The van der Waals surface area contributed by atoms with E-state index in [1.807, 2.05) is 0 Å². The maximum absolute atomic E-state index is 13.0. The number of nitrogens with two attached hydrogens (primary N) is 1. The van der Waals surface area contributed by atoms with Crippen molar-refractivity contribution in [3.8, 4) is 11.5 Å². The Morgan fingerprint density at radius 2 is 1.86 bits per heavy atom. The summed E-state index contributed by atoms with van der Waals surface area (Å²) in [6.07, 6.45) is 1.39. The highest BCUT2D eigenvalue weighted by atomic mass is 35.5. The summed E-state index contributed by atoms with van der Waals surface area (Å²) in [5, 5.41) is 0. The van der Waals surface area contributed by atoms with Crippen LogP contribution in [0.15, 0.2) is 18.2 Å². The minimum Gasteiger partial charge on any atom is -0.497 e. The molecule has 3 rings (SSSR count).